The molecule has 0 amide bonds. The Bertz CT molecular complexity index is 795. The average Bonchev–Trinajstić information content (AvgIpc) is 2.89. The Balaban J connectivity index is 0.00000192. The molecule has 3 rings (SSSR count). The molecule has 1 N–H and O–H groups in total. The third kappa shape index (κ3) is 3.56. The van der Waals surface area contributed by atoms with E-state index < -0.39 is 11.7 Å². The lowest BCUT2D eigenvalue weighted by Gasteiger charge is -2.07. The number of benzene rings is 2. The molecule has 0 spiro atoms. The summed E-state index contributed by atoms with van der Waals surface area (Å²) < 4.78 is 38.4. The first-order valence-electron chi connectivity index (χ1n) is 6.75. The number of aromatic amines is 1. The molecule has 0 saturated heterocycles. The van der Waals surface area contributed by atoms with E-state index in [-0.39, 0.29) is 12.4 Å². The highest BCUT2D eigenvalue weighted by atomic mass is 35.5. The lowest BCUT2D eigenvalue weighted by Crippen LogP contribution is -2.04. The quantitative estimate of drug-likeness (QED) is 0.657. The maximum Gasteiger partial charge on any atom is 0.416 e. The monoisotopic (exact) mass is 338 g/mol. The van der Waals surface area contributed by atoms with Crippen molar-refractivity contribution in [3.63, 3.8) is 0 Å². The molecule has 1 heterocycles. The second-order valence-electron chi connectivity index (χ2n) is 5.00. The molecular formula is C17H14ClF3N2. The summed E-state index contributed by atoms with van der Waals surface area (Å²) in [5, 5.41) is 0. The molecule has 0 saturated carbocycles. The number of alkyl halides is 3. The van der Waals surface area contributed by atoms with Gasteiger partial charge in [0.2, 0.25) is 0 Å². The minimum atomic E-state index is -4.36. The van der Waals surface area contributed by atoms with Crippen LogP contribution in [0.4, 0.5) is 13.2 Å². The molecular weight excluding hydrogens is 325 g/mol. The predicted molar refractivity (Wildman–Crippen MR) is 86.4 cm³/mol. The second-order valence-corrected chi connectivity index (χ2v) is 5.00. The standard InChI is InChI=1S/C17H13F3N2.ClH/c1-11-15(12-6-3-2-4-7-12)22-16(21-11)13-8-5-9-14(10-13)17(18,19)20;/h2-10H,1H3,(H,21,22);1H. The van der Waals surface area contributed by atoms with Crippen molar-refractivity contribution in [2.45, 2.75) is 13.1 Å². The van der Waals surface area contributed by atoms with Crippen molar-refractivity contribution in [2.24, 2.45) is 0 Å². The van der Waals surface area contributed by atoms with E-state index in [4.69, 9.17) is 0 Å². The first kappa shape index (κ1) is 17.1. The van der Waals surface area contributed by atoms with Gasteiger partial charge >= 0.3 is 6.18 Å². The van der Waals surface area contributed by atoms with Gasteiger partial charge < -0.3 is 4.98 Å². The Morgan fingerprint density at radius 3 is 2.22 bits per heavy atom. The van der Waals surface area contributed by atoms with Crippen molar-refractivity contribution >= 4 is 12.4 Å². The van der Waals surface area contributed by atoms with E-state index in [0.717, 1.165) is 29.1 Å². The van der Waals surface area contributed by atoms with Crippen LogP contribution < -0.4 is 0 Å². The minimum absolute atomic E-state index is 0. The second kappa shape index (κ2) is 6.46. The summed E-state index contributed by atoms with van der Waals surface area (Å²) in [6.45, 7) is 1.85. The largest absolute Gasteiger partial charge is 0.416 e. The number of imidazole rings is 1. The summed E-state index contributed by atoms with van der Waals surface area (Å²) in [6, 6.07) is 14.7. The van der Waals surface area contributed by atoms with Crippen LogP contribution in [0.2, 0.25) is 0 Å². The highest BCUT2D eigenvalue weighted by molar-refractivity contribution is 5.85. The van der Waals surface area contributed by atoms with Crippen LogP contribution in [0, 0.1) is 6.92 Å². The number of nitrogens with one attached hydrogen (secondary N) is 1. The molecule has 6 heteroatoms. The van der Waals surface area contributed by atoms with Gasteiger partial charge in [-0.25, -0.2) is 4.98 Å². The molecule has 0 aliphatic rings. The topological polar surface area (TPSA) is 28.7 Å². The van der Waals surface area contributed by atoms with E-state index in [1.165, 1.54) is 6.07 Å². The van der Waals surface area contributed by atoms with Gasteiger partial charge in [0.15, 0.2) is 0 Å². The molecule has 0 unspecified atom stereocenters. The smallest absolute Gasteiger partial charge is 0.342 e. The number of nitrogens with zero attached hydrogens (tertiary/aromatic N) is 1. The zero-order valence-electron chi connectivity index (χ0n) is 12.2. The maximum absolute atomic E-state index is 12.8. The van der Waals surface area contributed by atoms with E-state index >= 15 is 0 Å². The molecule has 0 bridgehead atoms. The average molecular weight is 339 g/mol. The molecule has 120 valence electrons. The van der Waals surface area contributed by atoms with Crippen LogP contribution in [-0.4, -0.2) is 9.97 Å². The number of H-pyrrole nitrogens is 1. The Hall–Kier alpha value is -2.27. The molecule has 2 nitrogen and oxygen atoms in total. The van der Waals surface area contributed by atoms with Crippen molar-refractivity contribution in [3.8, 4) is 22.6 Å². The number of aromatic nitrogens is 2. The molecule has 2 aromatic carbocycles. The van der Waals surface area contributed by atoms with Gasteiger partial charge in [-0.2, -0.15) is 13.2 Å². The summed E-state index contributed by atoms with van der Waals surface area (Å²) in [5.41, 5.74) is 2.22. The van der Waals surface area contributed by atoms with Gasteiger partial charge in [-0.3, -0.25) is 0 Å². The van der Waals surface area contributed by atoms with Gasteiger partial charge in [0.1, 0.15) is 5.82 Å². The molecule has 23 heavy (non-hydrogen) atoms. The zero-order chi connectivity index (χ0) is 15.7. The highest BCUT2D eigenvalue weighted by Gasteiger charge is 2.30. The van der Waals surface area contributed by atoms with Crippen LogP contribution in [0.5, 0.6) is 0 Å². The van der Waals surface area contributed by atoms with E-state index in [1.54, 1.807) is 6.07 Å². The van der Waals surface area contributed by atoms with Gasteiger partial charge in [0.05, 0.1) is 11.3 Å². The Kier molecular flexibility index (Phi) is 4.80. The Labute approximate surface area is 137 Å². The van der Waals surface area contributed by atoms with Crippen LogP contribution in [0.15, 0.2) is 54.6 Å². The summed E-state index contributed by atoms with van der Waals surface area (Å²) in [6.07, 6.45) is -4.36. The van der Waals surface area contributed by atoms with Crippen molar-refractivity contribution < 1.29 is 13.2 Å². The molecule has 3 aromatic rings. The van der Waals surface area contributed by atoms with Crippen LogP contribution in [-0.2, 0) is 6.18 Å². The third-order valence-corrected chi connectivity index (χ3v) is 3.40. The normalized spacial score (nSPS) is 11.1. The Morgan fingerprint density at radius 1 is 0.913 bits per heavy atom. The number of hydrogen-bond acceptors (Lipinski definition) is 1. The van der Waals surface area contributed by atoms with Crippen molar-refractivity contribution in [3.05, 3.63) is 65.9 Å². The Morgan fingerprint density at radius 2 is 1.57 bits per heavy atom. The first-order valence-corrected chi connectivity index (χ1v) is 6.75. The van der Waals surface area contributed by atoms with Crippen LogP contribution in [0.25, 0.3) is 22.6 Å². The van der Waals surface area contributed by atoms with Gasteiger partial charge in [-0.05, 0) is 19.1 Å². The van der Waals surface area contributed by atoms with E-state index in [9.17, 15) is 13.2 Å². The van der Waals surface area contributed by atoms with Gasteiger partial charge in [0.25, 0.3) is 0 Å². The molecule has 0 aliphatic carbocycles. The van der Waals surface area contributed by atoms with E-state index in [1.807, 2.05) is 37.3 Å². The van der Waals surface area contributed by atoms with Gasteiger partial charge in [-0.15, -0.1) is 12.4 Å². The van der Waals surface area contributed by atoms with Crippen molar-refractivity contribution in [1.82, 2.24) is 9.97 Å². The summed E-state index contributed by atoms with van der Waals surface area (Å²) in [5.74, 6) is 0.433. The maximum atomic E-state index is 12.8. The summed E-state index contributed by atoms with van der Waals surface area (Å²) >= 11 is 0. The molecule has 0 atom stereocenters. The fourth-order valence-electron chi connectivity index (χ4n) is 2.32. The lowest BCUT2D eigenvalue weighted by molar-refractivity contribution is -0.137. The minimum Gasteiger partial charge on any atom is -0.342 e. The van der Waals surface area contributed by atoms with Crippen molar-refractivity contribution in [1.29, 1.82) is 0 Å². The number of hydrogen-bond donors (Lipinski definition) is 1. The van der Waals surface area contributed by atoms with E-state index in [0.29, 0.717) is 11.4 Å². The van der Waals surface area contributed by atoms with Gasteiger partial charge in [0, 0.05) is 16.8 Å². The highest BCUT2D eigenvalue weighted by Crippen LogP contribution is 2.32. The van der Waals surface area contributed by atoms with Crippen LogP contribution >= 0.6 is 12.4 Å². The predicted octanol–water partition coefficient (Wildman–Crippen LogP) is 5.49. The molecule has 0 radical (unpaired) electrons. The molecule has 0 fully saturated rings. The zero-order valence-corrected chi connectivity index (χ0v) is 13.0. The van der Waals surface area contributed by atoms with Crippen molar-refractivity contribution in [2.75, 3.05) is 0 Å². The third-order valence-electron chi connectivity index (χ3n) is 3.40. The number of aryl methyl sites for hydroxylation is 1. The molecule has 0 aliphatic heterocycles. The SMILES string of the molecule is Cc1[nH]c(-c2cccc(C(F)(F)F)c2)nc1-c1ccccc1.Cl. The number of rotatable bonds is 2. The first-order chi connectivity index (χ1) is 10.4. The summed E-state index contributed by atoms with van der Waals surface area (Å²) in [4.78, 5) is 7.51. The lowest BCUT2D eigenvalue weighted by atomic mass is 10.1. The van der Waals surface area contributed by atoms with Crippen LogP contribution in [0.1, 0.15) is 11.3 Å². The van der Waals surface area contributed by atoms with Crippen LogP contribution in [0.3, 0.4) is 0 Å². The fraction of sp³-hybridized carbons (Fsp3) is 0.118. The fourth-order valence-corrected chi connectivity index (χ4v) is 2.32. The summed E-state index contributed by atoms with van der Waals surface area (Å²) in [7, 11) is 0. The molecule has 1 aromatic heterocycles. The number of halogens is 4. The van der Waals surface area contributed by atoms with Gasteiger partial charge in [-0.1, -0.05) is 42.5 Å². The van der Waals surface area contributed by atoms with E-state index in [2.05, 4.69) is 9.97 Å².